The molecule has 0 radical (unpaired) electrons. The SMILES string of the molecule is CC(C)NC(=O)CS(=O)c1c(N)cccc1Cl. The molecule has 1 aromatic rings. The fraction of sp³-hybridized carbons (Fsp3) is 0.364. The van der Waals surface area contributed by atoms with Gasteiger partial charge in [0.1, 0.15) is 5.75 Å². The molecule has 94 valence electrons. The lowest BCUT2D eigenvalue weighted by Crippen LogP contribution is -2.33. The molecule has 1 atom stereocenters. The first-order valence-corrected chi connectivity index (χ1v) is 6.83. The Morgan fingerprint density at radius 3 is 2.71 bits per heavy atom. The zero-order chi connectivity index (χ0) is 13.0. The predicted octanol–water partition coefficient (Wildman–Crippen LogP) is 1.55. The van der Waals surface area contributed by atoms with Gasteiger partial charge in [-0.1, -0.05) is 17.7 Å². The van der Waals surface area contributed by atoms with E-state index in [1.54, 1.807) is 18.2 Å². The Hall–Kier alpha value is -1.07. The summed E-state index contributed by atoms with van der Waals surface area (Å²) in [5.74, 6) is -0.413. The number of anilines is 1. The summed E-state index contributed by atoms with van der Waals surface area (Å²) in [6.07, 6.45) is 0. The fourth-order valence-electron chi connectivity index (χ4n) is 1.32. The van der Waals surface area contributed by atoms with Gasteiger partial charge in [0.05, 0.1) is 20.7 Å². The lowest BCUT2D eigenvalue weighted by molar-refractivity contribution is -0.119. The molecule has 0 aliphatic carbocycles. The number of benzene rings is 1. The molecule has 0 aliphatic rings. The molecule has 0 aliphatic heterocycles. The lowest BCUT2D eigenvalue weighted by Gasteiger charge is -2.10. The van der Waals surface area contributed by atoms with Crippen LogP contribution in [0.15, 0.2) is 23.1 Å². The van der Waals surface area contributed by atoms with Crippen LogP contribution in [0.1, 0.15) is 13.8 Å². The minimum atomic E-state index is -1.52. The highest BCUT2D eigenvalue weighted by Crippen LogP contribution is 2.25. The summed E-state index contributed by atoms with van der Waals surface area (Å²) in [6.45, 7) is 3.68. The van der Waals surface area contributed by atoms with Gasteiger partial charge >= 0.3 is 0 Å². The molecule has 0 heterocycles. The van der Waals surface area contributed by atoms with Crippen LogP contribution in [0, 0.1) is 0 Å². The van der Waals surface area contributed by atoms with Crippen LogP contribution < -0.4 is 11.1 Å². The van der Waals surface area contributed by atoms with Crippen LogP contribution in [-0.2, 0) is 15.6 Å². The standard InChI is InChI=1S/C11H15ClN2O2S/c1-7(2)14-10(15)6-17(16)11-8(12)4-3-5-9(11)13/h3-5,7H,6,13H2,1-2H3,(H,14,15). The number of hydrogen-bond donors (Lipinski definition) is 2. The van der Waals surface area contributed by atoms with Gasteiger partial charge in [-0.05, 0) is 26.0 Å². The molecule has 17 heavy (non-hydrogen) atoms. The first-order chi connectivity index (χ1) is 7.91. The normalized spacial score (nSPS) is 12.5. The van der Waals surface area contributed by atoms with Crippen LogP contribution in [0.4, 0.5) is 5.69 Å². The Morgan fingerprint density at radius 2 is 2.18 bits per heavy atom. The van der Waals surface area contributed by atoms with E-state index < -0.39 is 10.8 Å². The van der Waals surface area contributed by atoms with Crippen molar-refractivity contribution >= 4 is 34.0 Å². The van der Waals surface area contributed by atoms with Gasteiger partial charge in [-0.25, -0.2) is 0 Å². The van der Waals surface area contributed by atoms with Gasteiger partial charge in [0.25, 0.3) is 0 Å². The molecular formula is C11H15ClN2O2S. The van der Waals surface area contributed by atoms with Crippen molar-refractivity contribution in [2.75, 3.05) is 11.5 Å². The highest BCUT2D eigenvalue weighted by molar-refractivity contribution is 7.86. The number of hydrogen-bond acceptors (Lipinski definition) is 3. The first kappa shape index (κ1) is 14.0. The van der Waals surface area contributed by atoms with Gasteiger partial charge in [-0.15, -0.1) is 0 Å². The van der Waals surface area contributed by atoms with Crippen molar-refractivity contribution in [1.29, 1.82) is 0 Å². The summed E-state index contributed by atoms with van der Waals surface area (Å²) in [4.78, 5) is 11.8. The largest absolute Gasteiger partial charge is 0.398 e. The van der Waals surface area contributed by atoms with Crippen LogP contribution in [0.25, 0.3) is 0 Å². The summed E-state index contributed by atoms with van der Waals surface area (Å²) in [5.41, 5.74) is 6.03. The van der Waals surface area contributed by atoms with Crippen molar-refractivity contribution in [1.82, 2.24) is 5.32 Å². The molecule has 4 nitrogen and oxygen atoms in total. The van der Waals surface area contributed by atoms with E-state index in [4.69, 9.17) is 17.3 Å². The summed E-state index contributed by atoms with van der Waals surface area (Å²) in [5, 5.41) is 2.99. The Bertz CT molecular complexity index is 429. The van der Waals surface area contributed by atoms with Crippen LogP contribution in [0.2, 0.25) is 5.02 Å². The van der Waals surface area contributed by atoms with Crippen molar-refractivity contribution < 1.29 is 9.00 Å². The van der Waals surface area contributed by atoms with Gasteiger partial charge in [-0.2, -0.15) is 0 Å². The second-order valence-electron chi connectivity index (χ2n) is 3.87. The molecule has 0 spiro atoms. The first-order valence-electron chi connectivity index (χ1n) is 5.13. The minimum Gasteiger partial charge on any atom is -0.398 e. The van der Waals surface area contributed by atoms with Gasteiger partial charge in [0.15, 0.2) is 0 Å². The highest BCUT2D eigenvalue weighted by Gasteiger charge is 2.16. The highest BCUT2D eigenvalue weighted by atomic mass is 35.5. The van der Waals surface area contributed by atoms with E-state index in [2.05, 4.69) is 5.32 Å². The topological polar surface area (TPSA) is 72.2 Å². The van der Waals surface area contributed by atoms with Crippen LogP contribution in [-0.4, -0.2) is 21.9 Å². The van der Waals surface area contributed by atoms with Gasteiger partial charge in [0.2, 0.25) is 5.91 Å². The molecular weight excluding hydrogens is 260 g/mol. The molecule has 1 unspecified atom stereocenters. The smallest absolute Gasteiger partial charge is 0.233 e. The van der Waals surface area contributed by atoms with E-state index in [-0.39, 0.29) is 17.7 Å². The lowest BCUT2D eigenvalue weighted by atomic mass is 10.3. The van der Waals surface area contributed by atoms with Gasteiger partial charge in [0, 0.05) is 11.7 Å². The number of nitrogens with one attached hydrogen (secondary N) is 1. The minimum absolute atomic E-state index is 0.0168. The molecule has 0 saturated carbocycles. The fourth-order valence-corrected chi connectivity index (χ4v) is 2.84. The monoisotopic (exact) mass is 274 g/mol. The van der Waals surface area contributed by atoms with Gasteiger partial charge < -0.3 is 11.1 Å². The van der Waals surface area contributed by atoms with E-state index in [0.29, 0.717) is 15.6 Å². The quantitative estimate of drug-likeness (QED) is 0.819. The van der Waals surface area contributed by atoms with Crippen molar-refractivity contribution in [3.8, 4) is 0 Å². The van der Waals surface area contributed by atoms with E-state index in [1.165, 1.54) is 0 Å². The molecule has 0 aromatic heterocycles. The maximum atomic E-state index is 12.0. The average molecular weight is 275 g/mol. The maximum absolute atomic E-state index is 12.0. The second-order valence-corrected chi connectivity index (χ2v) is 5.67. The number of carbonyl (C=O) groups is 1. The molecule has 0 fully saturated rings. The summed E-state index contributed by atoms with van der Waals surface area (Å²) >= 11 is 5.91. The molecule has 6 heteroatoms. The summed E-state index contributed by atoms with van der Waals surface area (Å²) in [7, 11) is -1.52. The van der Waals surface area contributed by atoms with Crippen LogP contribution in [0.3, 0.4) is 0 Å². The molecule has 1 rings (SSSR count). The van der Waals surface area contributed by atoms with E-state index in [0.717, 1.165) is 0 Å². The molecule has 1 amide bonds. The zero-order valence-corrected chi connectivity index (χ0v) is 11.3. The zero-order valence-electron chi connectivity index (χ0n) is 9.70. The molecule has 3 N–H and O–H groups in total. The van der Waals surface area contributed by atoms with Crippen molar-refractivity contribution in [3.05, 3.63) is 23.2 Å². The third-order valence-electron chi connectivity index (χ3n) is 1.94. The Morgan fingerprint density at radius 1 is 1.53 bits per heavy atom. The maximum Gasteiger partial charge on any atom is 0.233 e. The number of rotatable bonds is 4. The van der Waals surface area contributed by atoms with Crippen molar-refractivity contribution in [2.45, 2.75) is 24.8 Å². The third-order valence-corrected chi connectivity index (χ3v) is 3.80. The van der Waals surface area contributed by atoms with Crippen LogP contribution >= 0.6 is 11.6 Å². The Balaban J connectivity index is 2.80. The van der Waals surface area contributed by atoms with E-state index in [1.807, 2.05) is 13.8 Å². The number of amides is 1. The van der Waals surface area contributed by atoms with Crippen molar-refractivity contribution in [3.63, 3.8) is 0 Å². The molecule has 0 bridgehead atoms. The second kappa shape index (κ2) is 6.02. The molecule has 1 aromatic carbocycles. The summed E-state index contributed by atoms with van der Waals surface area (Å²) in [6, 6.07) is 4.90. The Labute approximate surface area is 108 Å². The predicted molar refractivity (Wildman–Crippen MR) is 70.4 cm³/mol. The van der Waals surface area contributed by atoms with Crippen molar-refractivity contribution in [2.24, 2.45) is 0 Å². The number of nitrogen functional groups attached to an aromatic ring is 1. The number of nitrogens with two attached hydrogens (primary N) is 1. The Kier molecular flexibility index (Phi) is 4.96. The third kappa shape index (κ3) is 4.02. The summed E-state index contributed by atoms with van der Waals surface area (Å²) < 4.78 is 12.0. The van der Waals surface area contributed by atoms with E-state index >= 15 is 0 Å². The van der Waals surface area contributed by atoms with Gasteiger partial charge in [-0.3, -0.25) is 9.00 Å². The van der Waals surface area contributed by atoms with Crippen LogP contribution in [0.5, 0.6) is 0 Å². The van der Waals surface area contributed by atoms with E-state index in [9.17, 15) is 9.00 Å². The number of carbonyl (C=O) groups excluding carboxylic acids is 1. The number of halogens is 1. The average Bonchev–Trinajstić information content (AvgIpc) is 2.15. The molecule has 0 saturated heterocycles.